The number of allylic oxidation sites excluding steroid dienone is 2. The second-order valence-electron chi connectivity index (χ2n) is 3.03. The van der Waals surface area contributed by atoms with Gasteiger partial charge in [0.15, 0.2) is 5.78 Å². The van der Waals surface area contributed by atoms with Gasteiger partial charge < -0.3 is 4.74 Å². The number of rotatable bonds is 5. The van der Waals surface area contributed by atoms with Crippen LogP contribution in [0.15, 0.2) is 53.7 Å². The van der Waals surface area contributed by atoms with Crippen LogP contribution in [0.1, 0.15) is 10.4 Å². The minimum absolute atomic E-state index is 0.134. The van der Waals surface area contributed by atoms with Gasteiger partial charge in [-0.05, 0) is 31.0 Å². The first-order valence-electron chi connectivity index (χ1n) is 4.70. The summed E-state index contributed by atoms with van der Waals surface area (Å²) in [5.41, 5.74) is 0.982. The molecule has 0 aliphatic heterocycles. The molecule has 3 nitrogen and oxygen atoms in total. The summed E-state index contributed by atoms with van der Waals surface area (Å²) in [6, 6.07) is 6.85. The normalized spacial score (nSPS) is 10.7. The van der Waals surface area contributed by atoms with E-state index >= 15 is 0 Å². The van der Waals surface area contributed by atoms with Gasteiger partial charge in [-0.3, -0.25) is 9.79 Å². The highest BCUT2D eigenvalue weighted by atomic mass is 16.5. The van der Waals surface area contributed by atoms with E-state index in [2.05, 4.69) is 18.3 Å². The van der Waals surface area contributed by atoms with Crippen molar-refractivity contribution in [2.45, 2.75) is 0 Å². The summed E-state index contributed by atoms with van der Waals surface area (Å²) >= 11 is 0. The molecule has 0 spiro atoms. The van der Waals surface area contributed by atoms with Crippen molar-refractivity contribution in [3.8, 4) is 5.75 Å². The molecule has 1 aromatic rings. The van der Waals surface area contributed by atoms with E-state index in [9.17, 15) is 4.79 Å². The molecule has 0 saturated carbocycles. The Balaban J connectivity index is 2.99. The van der Waals surface area contributed by atoms with Gasteiger partial charge in [0, 0.05) is 17.3 Å². The number of benzene rings is 1. The maximum Gasteiger partial charge on any atom is 0.194 e. The third-order valence-electron chi connectivity index (χ3n) is 2.06. The standard InChI is InChI=1S/C13H13NO2/c1-4-10(9-14-2)13(15)11-5-7-12(16-3)8-6-11/h4-9H,1-2H2,3H3/b10-9+. The molecule has 0 aromatic heterocycles. The van der Waals surface area contributed by atoms with Crippen LogP contribution >= 0.6 is 0 Å². The quantitative estimate of drug-likeness (QED) is 0.328. The van der Waals surface area contributed by atoms with Gasteiger partial charge in [0.2, 0.25) is 0 Å². The zero-order chi connectivity index (χ0) is 12.0. The minimum atomic E-state index is -0.134. The number of aliphatic imine (C=N–C) groups is 1. The molecule has 0 N–H and O–H groups in total. The van der Waals surface area contributed by atoms with E-state index in [1.807, 2.05) is 0 Å². The zero-order valence-corrected chi connectivity index (χ0v) is 9.14. The molecule has 0 amide bonds. The third kappa shape index (κ3) is 2.67. The van der Waals surface area contributed by atoms with E-state index in [4.69, 9.17) is 4.74 Å². The first kappa shape index (κ1) is 11.9. The Kier molecular flexibility index (Phi) is 4.21. The smallest absolute Gasteiger partial charge is 0.194 e. The lowest BCUT2D eigenvalue weighted by atomic mass is 10.0. The number of hydrogen-bond donors (Lipinski definition) is 0. The summed E-state index contributed by atoms with van der Waals surface area (Å²) in [5.74, 6) is 0.576. The van der Waals surface area contributed by atoms with Crippen molar-refractivity contribution >= 4 is 12.5 Å². The van der Waals surface area contributed by atoms with Crippen LogP contribution in [-0.4, -0.2) is 19.6 Å². The number of nitrogens with zero attached hydrogens (tertiary/aromatic N) is 1. The lowest BCUT2D eigenvalue weighted by molar-refractivity contribution is 0.103. The number of Topliss-reactive ketones (excluding diaryl/α,β-unsaturated/α-hetero) is 1. The molecule has 0 atom stereocenters. The lowest BCUT2D eigenvalue weighted by Crippen LogP contribution is -2.01. The largest absolute Gasteiger partial charge is 0.497 e. The van der Waals surface area contributed by atoms with E-state index < -0.39 is 0 Å². The molecule has 0 radical (unpaired) electrons. The third-order valence-corrected chi connectivity index (χ3v) is 2.06. The van der Waals surface area contributed by atoms with E-state index in [0.717, 1.165) is 0 Å². The highest BCUT2D eigenvalue weighted by molar-refractivity contribution is 6.10. The number of ether oxygens (including phenoxy) is 1. The van der Waals surface area contributed by atoms with Crippen molar-refractivity contribution in [1.29, 1.82) is 0 Å². The van der Waals surface area contributed by atoms with Gasteiger partial charge in [-0.2, -0.15) is 0 Å². The number of methoxy groups -OCH3 is 1. The molecule has 1 rings (SSSR count). The Morgan fingerprint density at radius 1 is 1.38 bits per heavy atom. The van der Waals surface area contributed by atoms with Crippen molar-refractivity contribution in [2.75, 3.05) is 7.11 Å². The monoisotopic (exact) mass is 215 g/mol. The summed E-state index contributed by atoms with van der Waals surface area (Å²) in [5, 5.41) is 0. The SMILES string of the molecule is C=C/C(=C\N=C)C(=O)c1ccc(OC)cc1. The Labute approximate surface area is 94.8 Å². The summed E-state index contributed by atoms with van der Waals surface area (Å²) in [6.07, 6.45) is 2.85. The molecule has 16 heavy (non-hydrogen) atoms. The summed E-state index contributed by atoms with van der Waals surface area (Å²) < 4.78 is 5.01. The number of ketones is 1. The van der Waals surface area contributed by atoms with Crippen LogP contribution in [0.4, 0.5) is 0 Å². The molecule has 0 fully saturated rings. The average molecular weight is 215 g/mol. The van der Waals surface area contributed by atoms with Crippen molar-refractivity contribution in [3.05, 3.63) is 54.3 Å². The topological polar surface area (TPSA) is 38.7 Å². The predicted octanol–water partition coefficient (Wildman–Crippen LogP) is 2.65. The van der Waals surface area contributed by atoms with Crippen LogP contribution in [0.25, 0.3) is 0 Å². The molecule has 0 heterocycles. The maximum atomic E-state index is 11.9. The number of carbonyl (C=O) groups excluding carboxylic acids is 1. The van der Waals surface area contributed by atoms with E-state index in [1.165, 1.54) is 12.3 Å². The van der Waals surface area contributed by atoms with Crippen molar-refractivity contribution in [2.24, 2.45) is 4.99 Å². The number of hydrogen-bond acceptors (Lipinski definition) is 3. The lowest BCUT2D eigenvalue weighted by Gasteiger charge is -2.02. The minimum Gasteiger partial charge on any atom is -0.497 e. The molecular weight excluding hydrogens is 202 g/mol. The van der Waals surface area contributed by atoms with E-state index in [-0.39, 0.29) is 5.78 Å². The van der Waals surface area contributed by atoms with Crippen LogP contribution in [-0.2, 0) is 0 Å². The van der Waals surface area contributed by atoms with Gasteiger partial charge in [0.1, 0.15) is 5.75 Å². The van der Waals surface area contributed by atoms with Crippen LogP contribution in [0.5, 0.6) is 5.75 Å². The maximum absolute atomic E-state index is 11.9. The fraction of sp³-hybridized carbons (Fsp3) is 0.0769. The van der Waals surface area contributed by atoms with Gasteiger partial charge in [0.05, 0.1) is 7.11 Å². The van der Waals surface area contributed by atoms with Crippen molar-refractivity contribution in [3.63, 3.8) is 0 Å². The Bertz CT molecular complexity index is 430. The fourth-order valence-corrected chi connectivity index (χ4v) is 1.21. The molecular formula is C13H13NO2. The van der Waals surface area contributed by atoms with Crippen LogP contribution < -0.4 is 4.74 Å². The van der Waals surface area contributed by atoms with Crippen LogP contribution in [0.2, 0.25) is 0 Å². The molecule has 3 heteroatoms. The summed E-state index contributed by atoms with van der Waals surface area (Å²) in [6.45, 7) is 6.86. The second-order valence-corrected chi connectivity index (χ2v) is 3.03. The highest BCUT2D eigenvalue weighted by Gasteiger charge is 2.08. The van der Waals surface area contributed by atoms with Crippen LogP contribution in [0, 0.1) is 0 Å². The highest BCUT2D eigenvalue weighted by Crippen LogP contribution is 2.15. The van der Waals surface area contributed by atoms with Gasteiger partial charge in [0.25, 0.3) is 0 Å². The van der Waals surface area contributed by atoms with Gasteiger partial charge in [-0.25, -0.2) is 0 Å². The average Bonchev–Trinajstić information content (AvgIpc) is 2.35. The first-order valence-corrected chi connectivity index (χ1v) is 4.70. The van der Waals surface area contributed by atoms with E-state index in [0.29, 0.717) is 16.9 Å². The molecule has 82 valence electrons. The van der Waals surface area contributed by atoms with Gasteiger partial charge in [-0.1, -0.05) is 12.7 Å². The molecule has 0 saturated heterocycles. The van der Waals surface area contributed by atoms with Crippen molar-refractivity contribution < 1.29 is 9.53 Å². The van der Waals surface area contributed by atoms with Gasteiger partial charge in [-0.15, -0.1) is 0 Å². The molecule has 0 bridgehead atoms. The predicted molar refractivity (Wildman–Crippen MR) is 65.2 cm³/mol. The molecule has 1 aromatic carbocycles. The van der Waals surface area contributed by atoms with Crippen molar-refractivity contribution in [1.82, 2.24) is 0 Å². The second kappa shape index (κ2) is 5.66. The molecule has 0 aliphatic carbocycles. The van der Waals surface area contributed by atoms with Crippen LogP contribution in [0.3, 0.4) is 0 Å². The Morgan fingerprint density at radius 3 is 2.44 bits per heavy atom. The molecule has 0 unspecified atom stereocenters. The van der Waals surface area contributed by atoms with E-state index in [1.54, 1.807) is 31.4 Å². The van der Waals surface area contributed by atoms with Gasteiger partial charge >= 0.3 is 0 Å². The summed E-state index contributed by atoms with van der Waals surface area (Å²) in [4.78, 5) is 15.5. The first-order chi connectivity index (χ1) is 7.72. The summed E-state index contributed by atoms with van der Waals surface area (Å²) in [7, 11) is 1.58. The Morgan fingerprint density at radius 2 is 2.00 bits per heavy atom. The Hall–Kier alpha value is -2.16. The molecule has 0 aliphatic rings. The number of carbonyl (C=O) groups is 1. The fourth-order valence-electron chi connectivity index (χ4n) is 1.21. The zero-order valence-electron chi connectivity index (χ0n) is 9.14.